The van der Waals surface area contributed by atoms with Gasteiger partial charge in [-0.1, -0.05) is 18.2 Å². The van der Waals surface area contributed by atoms with Crippen LogP contribution in [0.3, 0.4) is 0 Å². The van der Waals surface area contributed by atoms with Gasteiger partial charge in [-0.15, -0.1) is 0 Å². The first-order valence-electron chi connectivity index (χ1n) is 8.64. The highest BCUT2D eigenvalue weighted by Crippen LogP contribution is 2.09. The van der Waals surface area contributed by atoms with Crippen molar-refractivity contribution in [1.29, 1.82) is 0 Å². The second-order valence-corrected chi connectivity index (χ2v) is 5.96. The maximum Gasteiger partial charge on any atom is 0.251 e. The first-order chi connectivity index (χ1) is 13.3. The van der Waals surface area contributed by atoms with Crippen LogP contribution in [0.2, 0.25) is 0 Å². The van der Waals surface area contributed by atoms with Gasteiger partial charge in [0.25, 0.3) is 5.91 Å². The Morgan fingerprint density at radius 1 is 0.926 bits per heavy atom. The summed E-state index contributed by atoms with van der Waals surface area (Å²) in [5, 5.41) is 15.8. The summed E-state index contributed by atoms with van der Waals surface area (Å²) in [5.74, 6) is -0.113. The Balaban J connectivity index is 1.31. The van der Waals surface area contributed by atoms with E-state index in [4.69, 9.17) is 0 Å². The van der Waals surface area contributed by atoms with E-state index in [0.29, 0.717) is 18.5 Å². The molecular formula is C20H18N6O. The van der Waals surface area contributed by atoms with Gasteiger partial charge in [0.05, 0.1) is 23.3 Å². The van der Waals surface area contributed by atoms with Crippen LogP contribution >= 0.6 is 0 Å². The van der Waals surface area contributed by atoms with Gasteiger partial charge in [-0.2, -0.15) is 20.1 Å². The number of hydrogen-bond donors (Lipinski definition) is 1. The number of para-hydroxylation sites is 1. The minimum Gasteiger partial charge on any atom is -0.352 e. The molecule has 7 nitrogen and oxygen atoms in total. The summed E-state index contributed by atoms with van der Waals surface area (Å²) < 4.78 is 1.75. The molecule has 0 spiro atoms. The van der Waals surface area contributed by atoms with Crippen molar-refractivity contribution in [1.82, 2.24) is 30.1 Å². The van der Waals surface area contributed by atoms with Crippen molar-refractivity contribution < 1.29 is 4.79 Å². The first kappa shape index (κ1) is 16.7. The third kappa shape index (κ3) is 3.92. The van der Waals surface area contributed by atoms with E-state index in [-0.39, 0.29) is 5.91 Å². The van der Waals surface area contributed by atoms with Crippen LogP contribution in [0.4, 0.5) is 0 Å². The zero-order valence-corrected chi connectivity index (χ0v) is 14.6. The van der Waals surface area contributed by atoms with E-state index in [1.165, 1.54) is 0 Å². The molecule has 1 amide bonds. The molecule has 0 saturated carbocycles. The molecule has 1 N–H and O–H groups in total. The van der Waals surface area contributed by atoms with Gasteiger partial charge in [0, 0.05) is 30.9 Å². The average Bonchev–Trinajstić information content (AvgIpc) is 3.41. The van der Waals surface area contributed by atoms with E-state index >= 15 is 0 Å². The minimum atomic E-state index is -0.113. The van der Waals surface area contributed by atoms with E-state index in [1.807, 2.05) is 54.7 Å². The van der Waals surface area contributed by atoms with Crippen LogP contribution < -0.4 is 5.32 Å². The number of carbonyl (C=O) groups is 1. The molecule has 0 unspecified atom stereocenters. The molecule has 4 rings (SSSR count). The SMILES string of the molecule is O=C(NCCc1cnn(-c2ccccc2)n1)c1ccc(-n2cccn2)cc1. The molecule has 7 heteroatoms. The maximum absolute atomic E-state index is 12.3. The lowest BCUT2D eigenvalue weighted by atomic mass is 10.2. The van der Waals surface area contributed by atoms with Crippen molar-refractivity contribution in [3.63, 3.8) is 0 Å². The van der Waals surface area contributed by atoms with Gasteiger partial charge in [0.15, 0.2) is 0 Å². The molecule has 4 aromatic rings. The zero-order valence-electron chi connectivity index (χ0n) is 14.6. The summed E-state index contributed by atoms with van der Waals surface area (Å²) in [7, 11) is 0. The summed E-state index contributed by atoms with van der Waals surface area (Å²) in [6.07, 6.45) is 5.91. The molecule has 134 valence electrons. The summed E-state index contributed by atoms with van der Waals surface area (Å²) in [6, 6.07) is 18.9. The molecule has 0 aliphatic heterocycles. The van der Waals surface area contributed by atoms with Crippen LogP contribution in [0.25, 0.3) is 11.4 Å². The van der Waals surface area contributed by atoms with Crippen molar-refractivity contribution in [2.45, 2.75) is 6.42 Å². The van der Waals surface area contributed by atoms with Gasteiger partial charge < -0.3 is 5.32 Å². The number of hydrogen-bond acceptors (Lipinski definition) is 4. The zero-order chi connectivity index (χ0) is 18.5. The van der Waals surface area contributed by atoms with E-state index in [9.17, 15) is 4.79 Å². The highest BCUT2D eigenvalue weighted by Gasteiger charge is 2.07. The molecule has 0 radical (unpaired) electrons. The number of rotatable bonds is 6. The molecule has 0 saturated heterocycles. The fourth-order valence-electron chi connectivity index (χ4n) is 2.69. The highest BCUT2D eigenvalue weighted by molar-refractivity contribution is 5.94. The molecule has 0 aliphatic carbocycles. The van der Waals surface area contributed by atoms with Gasteiger partial charge in [0.2, 0.25) is 0 Å². The second-order valence-electron chi connectivity index (χ2n) is 5.96. The Kier molecular flexibility index (Phi) is 4.74. The van der Waals surface area contributed by atoms with Crippen LogP contribution in [-0.2, 0) is 6.42 Å². The highest BCUT2D eigenvalue weighted by atomic mass is 16.1. The molecule has 0 aliphatic rings. The van der Waals surface area contributed by atoms with Gasteiger partial charge >= 0.3 is 0 Å². The van der Waals surface area contributed by atoms with Gasteiger partial charge in [-0.25, -0.2) is 4.68 Å². The van der Waals surface area contributed by atoms with Crippen LogP contribution in [0, 0.1) is 0 Å². The topological polar surface area (TPSA) is 77.6 Å². The van der Waals surface area contributed by atoms with Crippen molar-refractivity contribution in [2.24, 2.45) is 0 Å². The molecule has 0 fully saturated rings. The molecule has 2 heterocycles. The van der Waals surface area contributed by atoms with Crippen LogP contribution in [0.1, 0.15) is 16.1 Å². The monoisotopic (exact) mass is 358 g/mol. The molecule has 27 heavy (non-hydrogen) atoms. The standard InChI is InChI=1S/C20H18N6O/c27-20(16-7-9-18(10-8-16)25-14-4-12-22-25)21-13-11-17-15-23-26(24-17)19-5-2-1-3-6-19/h1-10,12,14-15H,11,13H2,(H,21,27). The fourth-order valence-corrected chi connectivity index (χ4v) is 2.69. The Labute approximate surface area is 156 Å². The lowest BCUT2D eigenvalue weighted by Crippen LogP contribution is -2.25. The number of amides is 1. The number of nitrogens with zero attached hydrogens (tertiary/aromatic N) is 5. The summed E-state index contributed by atoms with van der Waals surface area (Å²) in [4.78, 5) is 13.9. The molecule has 2 aromatic heterocycles. The second kappa shape index (κ2) is 7.65. The molecule has 0 bridgehead atoms. The largest absolute Gasteiger partial charge is 0.352 e. The Morgan fingerprint density at radius 3 is 2.48 bits per heavy atom. The van der Waals surface area contributed by atoms with Crippen molar-refractivity contribution in [3.8, 4) is 11.4 Å². The molecular weight excluding hydrogens is 340 g/mol. The summed E-state index contributed by atoms with van der Waals surface area (Å²) in [5.41, 5.74) is 3.26. The van der Waals surface area contributed by atoms with E-state index in [0.717, 1.165) is 17.1 Å². The Bertz CT molecular complexity index is 1010. The lowest BCUT2D eigenvalue weighted by molar-refractivity contribution is 0.0954. The number of carbonyl (C=O) groups excluding carboxylic acids is 1. The van der Waals surface area contributed by atoms with Crippen molar-refractivity contribution >= 4 is 5.91 Å². The van der Waals surface area contributed by atoms with E-state index in [2.05, 4.69) is 20.6 Å². The fraction of sp³-hybridized carbons (Fsp3) is 0.100. The predicted molar refractivity (Wildman–Crippen MR) is 101 cm³/mol. The van der Waals surface area contributed by atoms with E-state index < -0.39 is 0 Å². The van der Waals surface area contributed by atoms with Crippen LogP contribution in [0.5, 0.6) is 0 Å². The van der Waals surface area contributed by atoms with Crippen LogP contribution in [-0.4, -0.2) is 37.2 Å². The van der Waals surface area contributed by atoms with Gasteiger partial charge in [-0.05, 0) is 42.5 Å². The van der Waals surface area contributed by atoms with E-state index in [1.54, 1.807) is 34.0 Å². The summed E-state index contributed by atoms with van der Waals surface area (Å²) in [6.45, 7) is 0.493. The normalized spacial score (nSPS) is 10.7. The first-order valence-corrected chi connectivity index (χ1v) is 8.64. The minimum absolute atomic E-state index is 0.113. The lowest BCUT2D eigenvalue weighted by Gasteiger charge is -2.06. The molecule has 0 atom stereocenters. The average molecular weight is 358 g/mol. The third-order valence-electron chi connectivity index (χ3n) is 4.09. The number of aromatic nitrogens is 5. The van der Waals surface area contributed by atoms with Crippen molar-refractivity contribution in [2.75, 3.05) is 6.54 Å². The van der Waals surface area contributed by atoms with Gasteiger partial charge in [0.1, 0.15) is 0 Å². The Hall–Kier alpha value is -3.74. The number of benzene rings is 2. The quantitative estimate of drug-likeness (QED) is 0.574. The number of nitrogens with one attached hydrogen (secondary N) is 1. The third-order valence-corrected chi connectivity index (χ3v) is 4.09. The van der Waals surface area contributed by atoms with Crippen molar-refractivity contribution in [3.05, 3.63) is 90.5 Å². The predicted octanol–water partition coefficient (Wildman–Crippen LogP) is 2.43. The Morgan fingerprint density at radius 2 is 1.74 bits per heavy atom. The summed E-state index contributed by atoms with van der Waals surface area (Å²) >= 11 is 0. The van der Waals surface area contributed by atoms with Crippen LogP contribution in [0.15, 0.2) is 79.3 Å². The molecule has 2 aromatic carbocycles. The van der Waals surface area contributed by atoms with Gasteiger partial charge in [-0.3, -0.25) is 4.79 Å². The smallest absolute Gasteiger partial charge is 0.251 e. The maximum atomic E-state index is 12.3.